The normalized spacial score (nSPS) is 11.9. The van der Waals surface area contributed by atoms with Crippen LogP contribution in [-0.4, -0.2) is 22.1 Å². The number of pyridine rings is 1. The maximum absolute atomic E-state index is 5.90. The lowest BCUT2D eigenvalue weighted by Gasteiger charge is -2.16. The van der Waals surface area contributed by atoms with Crippen molar-refractivity contribution in [2.45, 2.75) is 13.0 Å². The second kappa shape index (κ2) is 5.31. The van der Waals surface area contributed by atoms with Crippen molar-refractivity contribution in [1.82, 2.24) is 15.0 Å². The fourth-order valence-corrected chi connectivity index (χ4v) is 1.60. The minimum Gasteiger partial charge on any atom is -0.479 e. The van der Waals surface area contributed by atoms with Crippen molar-refractivity contribution in [3.05, 3.63) is 36.4 Å². The molecule has 0 bridgehead atoms. The lowest BCUT2D eigenvalue weighted by atomic mass is 10.1. The highest BCUT2D eigenvalue weighted by molar-refractivity contribution is 5.66. The molecule has 0 aliphatic rings. The van der Waals surface area contributed by atoms with E-state index < -0.39 is 0 Å². The van der Waals surface area contributed by atoms with Gasteiger partial charge in [-0.05, 0) is 24.6 Å². The number of nitrogens with one attached hydrogen (secondary N) is 1. The van der Waals surface area contributed by atoms with Gasteiger partial charge in [-0.25, -0.2) is 4.98 Å². The summed E-state index contributed by atoms with van der Waals surface area (Å²) in [6.07, 6.45) is 4.91. The van der Waals surface area contributed by atoms with Crippen LogP contribution in [0.25, 0.3) is 0 Å². The average molecular weight is 245 g/mol. The summed E-state index contributed by atoms with van der Waals surface area (Å²) in [6.45, 7) is 2.02. The molecule has 2 aromatic heterocycles. The highest BCUT2D eigenvalue weighted by atomic mass is 16.5. The van der Waals surface area contributed by atoms with Crippen LogP contribution in [0.4, 0.5) is 11.5 Å². The second-order valence-electron chi connectivity index (χ2n) is 3.79. The summed E-state index contributed by atoms with van der Waals surface area (Å²) in [5, 5.41) is 3.22. The van der Waals surface area contributed by atoms with E-state index in [-0.39, 0.29) is 6.04 Å². The van der Waals surface area contributed by atoms with Gasteiger partial charge in [0, 0.05) is 12.4 Å². The number of rotatable bonds is 4. The summed E-state index contributed by atoms with van der Waals surface area (Å²) in [4.78, 5) is 12.0. The third-order valence-electron chi connectivity index (χ3n) is 2.60. The van der Waals surface area contributed by atoms with Gasteiger partial charge in [-0.15, -0.1) is 0 Å². The van der Waals surface area contributed by atoms with Crippen LogP contribution in [-0.2, 0) is 0 Å². The van der Waals surface area contributed by atoms with Crippen LogP contribution in [0.5, 0.6) is 5.88 Å². The van der Waals surface area contributed by atoms with Gasteiger partial charge in [0.2, 0.25) is 5.88 Å². The first-order valence-electron chi connectivity index (χ1n) is 5.53. The van der Waals surface area contributed by atoms with E-state index in [1.807, 2.05) is 19.1 Å². The fraction of sp³-hybridized carbons (Fsp3) is 0.250. The van der Waals surface area contributed by atoms with Gasteiger partial charge < -0.3 is 15.8 Å². The molecule has 18 heavy (non-hydrogen) atoms. The van der Waals surface area contributed by atoms with E-state index in [2.05, 4.69) is 20.3 Å². The Morgan fingerprint density at radius 2 is 2.00 bits per heavy atom. The quantitative estimate of drug-likeness (QED) is 0.851. The third-order valence-corrected chi connectivity index (χ3v) is 2.60. The molecule has 0 saturated carbocycles. The van der Waals surface area contributed by atoms with Crippen LogP contribution >= 0.6 is 0 Å². The zero-order valence-corrected chi connectivity index (χ0v) is 10.3. The summed E-state index contributed by atoms with van der Waals surface area (Å²) in [5.74, 6) is 0.931. The molecule has 0 fully saturated rings. The van der Waals surface area contributed by atoms with Crippen LogP contribution in [0.1, 0.15) is 18.5 Å². The molecule has 2 rings (SSSR count). The van der Waals surface area contributed by atoms with Crippen LogP contribution in [0, 0.1) is 0 Å². The predicted molar refractivity (Wildman–Crippen MR) is 69.3 cm³/mol. The summed E-state index contributed by atoms with van der Waals surface area (Å²) in [5.41, 5.74) is 7.40. The van der Waals surface area contributed by atoms with E-state index >= 15 is 0 Å². The van der Waals surface area contributed by atoms with E-state index in [4.69, 9.17) is 10.5 Å². The number of nitrogens with zero attached hydrogens (tertiary/aromatic N) is 3. The minimum atomic E-state index is 0.0647. The molecule has 2 aromatic rings. The van der Waals surface area contributed by atoms with E-state index in [0.29, 0.717) is 17.4 Å². The topological polar surface area (TPSA) is 86.0 Å². The molecular formula is C12H15N5O. The summed E-state index contributed by atoms with van der Waals surface area (Å²) < 4.78 is 5.05. The average Bonchev–Trinajstić information content (AvgIpc) is 2.42. The van der Waals surface area contributed by atoms with Crippen LogP contribution < -0.4 is 15.8 Å². The number of ether oxygens (including phenoxy) is 1. The Balaban J connectivity index is 2.19. The molecule has 3 N–H and O–H groups in total. The minimum absolute atomic E-state index is 0.0647. The second-order valence-corrected chi connectivity index (χ2v) is 3.79. The molecule has 6 heteroatoms. The molecule has 0 spiro atoms. The molecule has 94 valence electrons. The van der Waals surface area contributed by atoms with Crippen molar-refractivity contribution in [3.63, 3.8) is 0 Å². The van der Waals surface area contributed by atoms with Gasteiger partial charge in [-0.2, -0.15) is 4.98 Å². The van der Waals surface area contributed by atoms with Crippen molar-refractivity contribution in [3.8, 4) is 5.88 Å². The molecule has 0 saturated heterocycles. The molecule has 0 aliphatic heterocycles. The molecule has 0 radical (unpaired) electrons. The third kappa shape index (κ3) is 2.48. The number of anilines is 2. The first-order chi connectivity index (χ1) is 8.72. The van der Waals surface area contributed by atoms with Crippen molar-refractivity contribution in [1.29, 1.82) is 0 Å². The van der Waals surface area contributed by atoms with Gasteiger partial charge >= 0.3 is 0 Å². The highest BCUT2D eigenvalue weighted by Crippen LogP contribution is 2.27. The SMILES string of the molecule is COc1ncnc(NC(C)c2ccncc2)c1N. The summed E-state index contributed by atoms with van der Waals surface area (Å²) >= 11 is 0. The van der Waals surface area contributed by atoms with Gasteiger partial charge in [0.15, 0.2) is 5.82 Å². The molecule has 1 atom stereocenters. The van der Waals surface area contributed by atoms with Gasteiger partial charge in [-0.1, -0.05) is 0 Å². The summed E-state index contributed by atoms with van der Waals surface area (Å²) in [6, 6.07) is 3.94. The van der Waals surface area contributed by atoms with E-state index in [9.17, 15) is 0 Å². The Morgan fingerprint density at radius 1 is 1.28 bits per heavy atom. The molecule has 1 unspecified atom stereocenters. The van der Waals surface area contributed by atoms with Gasteiger partial charge in [0.1, 0.15) is 12.0 Å². The van der Waals surface area contributed by atoms with Crippen molar-refractivity contribution in [2.75, 3.05) is 18.2 Å². The number of nitrogen functional groups attached to an aromatic ring is 1. The van der Waals surface area contributed by atoms with Gasteiger partial charge in [-0.3, -0.25) is 4.98 Å². The van der Waals surface area contributed by atoms with Crippen LogP contribution in [0.3, 0.4) is 0 Å². The van der Waals surface area contributed by atoms with Crippen molar-refractivity contribution >= 4 is 11.5 Å². The molecule has 0 aromatic carbocycles. The zero-order chi connectivity index (χ0) is 13.0. The standard InChI is InChI=1S/C12H15N5O/c1-8(9-3-5-14-6-4-9)17-11-10(13)12(18-2)16-7-15-11/h3-8H,13H2,1-2H3,(H,15,16,17). The van der Waals surface area contributed by atoms with Crippen LogP contribution in [0.15, 0.2) is 30.9 Å². The van der Waals surface area contributed by atoms with Crippen molar-refractivity contribution in [2.24, 2.45) is 0 Å². The number of hydrogen-bond acceptors (Lipinski definition) is 6. The Bertz CT molecular complexity index is 517. The van der Waals surface area contributed by atoms with E-state index in [1.165, 1.54) is 13.4 Å². The molecular weight excluding hydrogens is 230 g/mol. The highest BCUT2D eigenvalue weighted by Gasteiger charge is 2.11. The van der Waals surface area contributed by atoms with E-state index in [0.717, 1.165) is 5.56 Å². The molecule has 0 aliphatic carbocycles. The smallest absolute Gasteiger partial charge is 0.242 e. The Morgan fingerprint density at radius 3 is 2.67 bits per heavy atom. The monoisotopic (exact) mass is 245 g/mol. The maximum Gasteiger partial charge on any atom is 0.242 e. The van der Waals surface area contributed by atoms with Gasteiger partial charge in [0.25, 0.3) is 0 Å². The first kappa shape index (κ1) is 12.1. The first-order valence-corrected chi connectivity index (χ1v) is 5.53. The Labute approximate surface area is 105 Å². The Hall–Kier alpha value is -2.37. The lowest BCUT2D eigenvalue weighted by molar-refractivity contribution is 0.399. The largest absolute Gasteiger partial charge is 0.479 e. The van der Waals surface area contributed by atoms with Crippen LogP contribution in [0.2, 0.25) is 0 Å². The summed E-state index contributed by atoms with van der Waals surface area (Å²) in [7, 11) is 1.52. The maximum atomic E-state index is 5.90. The molecule has 6 nitrogen and oxygen atoms in total. The van der Waals surface area contributed by atoms with Crippen molar-refractivity contribution < 1.29 is 4.74 Å². The number of nitrogens with two attached hydrogens (primary N) is 1. The number of hydrogen-bond donors (Lipinski definition) is 2. The Kier molecular flexibility index (Phi) is 3.57. The number of methoxy groups -OCH3 is 1. The molecule has 0 amide bonds. The lowest BCUT2D eigenvalue weighted by Crippen LogP contribution is -2.11. The van der Waals surface area contributed by atoms with Gasteiger partial charge in [0.05, 0.1) is 13.2 Å². The zero-order valence-electron chi connectivity index (χ0n) is 10.3. The number of aromatic nitrogens is 3. The fourth-order valence-electron chi connectivity index (χ4n) is 1.60. The predicted octanol–water partition coefficient (Wildman–Crippen LogP) is 1.64. The van der Waals surface area contributed by atoms with E-state index in [1.54, 1.807) is 12.4 Å². The molecule has 2 heterocycles.